The van der Waals surface area contributed by atoms with Gasteiger partial charge in [0.05, 0.1) is 5.92 Å². The number of alkyl halides is 3. The number of piperidine rings is 1. The van der Waals surface area contributed by atoms with Crippen molar-refractivity contribution < 1.29 is 27.6 Å². The molecule has 2 atom stereocenters. The first-order valence-electron chi connectivity index (χ1n) is 12.7. The minimum atomic E-state index is -4.04. The number of carbonyl (C=O) groups excluding carboxylic acids is 3. The lowest BCUT2D eigenvalue weighted by molar-refractivity contribution is -0.182. The van der Waals surface area contributed by atoms with E-state index in [1.54, 1.807) is 22.7 Å². The predicted octanol–water partition coefficient (Wildman–Crippen LogP) is 5.86. The van der Waals surface area contributed by atoms with E-state index in [1.165, 1.54) is 0 Å². The number of rotatable bonds is 12. The molecule has 4 rings (SSSR count). The highest BCUT2D eigenvalue weighted by molar-refractivity contribution is 7.99. The molecule has 2 heterocycles. The number of benzene rings is 1. The second-order valence-corrected chi connectivity index (χ2v) is 11.1. The molecule has 1 aliphatic carbocycles. The van der Waals surface area contributed by atoms with Gasteiger partial charge in [-0.3, -0.25) is 19.7 Å². The third kappa shape index (κ3) is 6.60. The Kier molecular flexibility index (Phi) is 8.45. The minimum absolute atomic E-state index is 0.127. The molecule has 0 spiro atoms. The van der Waals surface area contributed by atoms with E-state index in [1.807, 2.05) is 12.1 Å². The van der Waals surface area contributed by atoms with Crippen LogP contribution in [0.2, 0.25) is 0 Å². The summed E-state index contributed by atoms with van der Waals surface area (Å²) in [6.45, 7) is 0.378. The van der Waals surface area contributed by atoms with E-state index >= 15 is 0 Å². The molecule has 3 aliphatic rings. The van der Waals surface area contributed by atoms with Gasteiger partial charge in [0.25, 0.3) is 5.91 Å². The lowest BCUT2D eigenvalue weighted by Gasteiger charge is -2.29. The first kappa shape index (κ1) is 26.0. The van der Waals surface area contributed by atoms with Gasteiger partial charge >= 0.3 is 6.18 Å². The van der Waals surface area contributed by atoms with Gasteiger partial charge in [0.15, 0.2) is 0 Å². The average Bonchev–Trinajstić information content (AvgIpc) is 3.57. The molecule has 0 bridgehead atoms. The molecule has 1 saturated heterocycles. The molecule has 0 aromatic heterocycles. The molecule has 3 amide bonds. The fourth-order valence-electron chi connectivity index (χ4n) is 5.21. The number of hydrogen-bond donors (Lipinski definition) is 1. The Hall–Kier alpha value is -2.03. The maximum Gasteiger partial charge on any atom is 0.392 e. The Morgan fingerprint density at radius 1 is 1.00 bits per heavy atom. The van der Waals surface area contributed by atoms with Crippen molar-refractivity contribution in [3.8, 4) is 0 Å². The smallest absolute Gasteiger partial charge is 0.322 e. The summed E-state index contributed by atoms with van der Waals surface area (Å²) in [7, 11) is 0. The molecule has 35 heavy (non-hydrogen) atoms. The van der Waals surface area contributed by atoms with Crippen molar-refractivity contribution >= 4 is 29.5 Å². The van der Waals surface area contributed by atoms with Gasteiger partial charge in [0.1, 0.15) is 6.04 Å². The fraction of sp³-hybridized carbons (Fsp3) is 0.654. The van der Waals surface area contributed by atoms with Gasteiger partial charge in [0, 0.05) is 23.4 Å². The SMILES string of the molecule is O=C1CCC(N2Cc3c(SCCCCCCCCC(C4CC4)C(F)(F)F)cccc3C2=O)C(=O)N1. The van der Waals surface area contributed by atoms with Gasteiger partial charge in [-0.05, 0) is 61.5 Å². The van der Waals surface area contributed by atoms with Crippen LogP contribution >= 0.6 is 11.8 Å². The quantitative estimate of drug-likeness (QED) is 0.217. The van der Waals surface area contributed by atoms with Gasteiger partial charge in [-0.15, -0.1) is 11.8 Å². The summed E-state index contributed by atoms with van der Waals surface area (Å²) in [5, 5.41) is 2.33. The van der Waals surface area contributed by atoms with Crippen molar-refractivity contribution in [3.63, 3.8) is 0 Å². The van der Waals surface area contributed by atoms with Crippen molar-refractivity contribution in [2.24, 2.45) is 11.8 Å². The maximum absolute atomic E-state index is 13.1. The first-order valence-corrected chi connectivity index (χ1v) is 13.7. The summed E-state index contributed by atoms with van der Waals surface area (Å²) in [6.07, 6.45) is 3.83. The normalized spacial score (nSPS) is 21.3. The number of amides is 3. The first-order chi connectivity index (χ1) is 16.8. The average molecular weight is 511 g/mol. The monoisotopic (exact) mass is 510 g/mol. The zero-order valence-electron chi connectivity index (χ0n) is 19.9. The van der Waals surface area contributed by atoms with E-state index < -0.39 is 24.0 Å². The summed E-state index contributed by atoms with van der Waals surface area (Å²) >= 11 is 1.70. The topological polar surface area (TPSA) is 66.5 Å². The van der Waals surface area contributed by atoms with E-state index in [4.69, 9.17) is 0 Å². The van der Waals surface area contributed by atoms with Gasteiger partial charge in [-0.25, -0.2) is 0 Å². The van der Waals surface area contributed by atoms with E-state index in [0.717, 1.165) is 61.2 Å². The molecule has 2 fully saturated rings. The van der Waals surface area contributed by atoms with Crippen molar-refractivity contribution in [2.75, 3.05) is 5.75 Å². The molecule has 2 unspecified atom stereocenters. The molecule has 1 N–H and O–H groups in total. The van der Waals surface area contributed by atoms with Crippen molar-refractivity contribution in [1.29, 1.82) is 0 Å². The number of halogens is 3. The van der Waals surface area contributed by atoms with E-state index in [0.29, 0.717) is 24.9 Å². The standard InChI is InChI=1S/C26H33F3N2O3S/c27-26(28,29)20(17-11-12-17)9-5-3-1-2-4-6-15-35-22-10-7-8-18-19(22)16-31(25(18)34)21-13-14-23(32)30-24(21)33/h7-8,10,17,20-21H,1-6,9,11-16H2,(H,30,32,33). The maximum atomic E-state index is 13.1. The third-order valence-electron chi connectivity index (χ3n) is 7.32. The number of hydrogen-bond acceptors (Lipinski definition) is 4. The third-order valence-corrected chi connectivity index (χ3v) is 8.50. The Labute approximate surface area is 208 Å². The second kappa shape index (κ2) is 11.4. The molecule has 1 aromatic carbocycles. The summed E-state index contributed by atoms with van der Waals surface area (Å²) in [5.74, 6) is -1.18. The second-order valence-electron chi connectivity index (χ2n) is 9.93. The van der Waals surface area contributed by atoms with Crippen LogP contribution in [0.15, 0.2) is 23.1 Å². The van der Waals surface area contributed by atoms with Crippen LogP contribution in [-0.4, -0.2) is 40.6 Å². The lowest BCUT2D eigenvalue weighted by atomic mass is 9.95. The van der Waals surface area contributed by atoms with Crippen LogP contribution in [0.5, 0.6) is 0 Å². The van der Waals surface area contributed by atoms with Crippen LogP contribution in [0.1, 0.15) is 86.6 Å². The fourth-order valence-corrected chi connectivity index (χ4v) is 6.31. The largest absolute Gasteiger partial charge is 0.392 e. The summed E-state index contributed by atoms with van der Waals surface area (Å²) in [6, 6.07) is 5.05. The minimum Gasteiger partial charge on any atom is -0.322 e. The molecule has 2 aliphatic heterocycles. The molecule has 1 saturated carbocycles. The molecule has 5 nitrogen and oxygen atoms in total. The lowest BCUT2D eigenvalue weighted by Crippen LogP contribution is -2.52. The number of unbranched alkanes of at least 4 members (excludes halogenated alkanes) is 5. The Balaban J connectivity index is 1.15. The van der Waals surface area contributed by atoms with Crippen LogP contribution in [0.25, 0.3) is 0 Å². The molecule has 9 heteroatoms. The van der Waals surface area contributed by atoms with E-state index in [-0.39, 0.29) is 30.6 Å². The highest BCUT2D eigenvalue weighted by Crippen LogP contribution is 2.47. The van der Waals surface area contributed by atoms with Crippen LogP contribution in [0.3, 0.4) is 0 Å². The van der Waals surface area contributed by atoms with Gasteiger partial charge < -0.3 is 4.90 Å². The summed E-state index contributed by atoms with van der Waals surface area (Å²) in [5.41, 5.74) is 1.57. The highest BCUT2D eigenvalue weighted by Gasteiger charge is 2.47. The number of nitrogens with one attached hydrogen (secondary N) is 1. The molecule has 1 aromatic rings. The van der Waals surface area contributed by atoms with Crippen LogP contribution < -0.4 is 5.32 Å². The number of fused-ring (bicyclic) bond motifs is 1. The van der Waals surface area contributed by atoms with E-state index in [2.05, 4.69) is 5.32 Å². The Morgan fingerprint density at radius 3 is 2.40 bits per heavy atom. The van der Waals surface area contributed by atoms with Crippen molar-refractivity contribution in [3.05, 3.63) is 29.3 Å². The van der Waals surface area contributed by atoms with Crippen LogP contribution in [0.4, 0.5) is 13.2 Å². The summed E-state index contributed by atoms with van der Waals surface area (Å²) < 4.78 is 39.2. The van der Waals surface area contributed by atoms with Gasteiger partial charge in [-0.2, -0.15) is 13.2 Å². The number of imide groups is 1. The Morgan fingerprint density at radius 2 is 1.71 bits per heavy atom. The Bertz CT molecular complexity index is 948. The predicted molar refractivity (Wildman–Crippen MR) is 128 cm³/mol. The molecule has 0 radical (unpaired) electrons. The van der Waals surface area contributed by atoms with E-state index in [9.17, 15) is 27.6 Å². The number of carbonyl (C=O) groups is 3. The number of nitrogens with zero attached hydrogens (tertiary/aromatic N) is 1. The zero-order chi connectivity index (χ0) is 25.0. The van der Waals surface area contributed by atoms with Gasteiger partial charge in [-0.1, -0.05) is 38.2 Å². The van der Waals surface area contributed by atoms with Gasteiger partial charge in [0.2, 0.25) is 11.8 Å². The number of thioether (sulfide) groups is 1. The molecular weight excluding hydrogens is 477 g/mol. The van der Waals surface area contributed by atoms with Crippen LogP contribution in [-0.2, 0) is 16.1 Å². The van der Waals surface area contributed by atoms with Crippen LogP contribution in [0, 0.1) is 11.8 Å². The highest BCUT2D eigenvalue weighted by atomic mass is 32.2. The van der Waals surface area contributed by atoms with Crippen molar-refractivity contribution in [2.45, 2.75) is 94.3 Å². The van der Waals surface area contributed by atoms with Crippen molar-refractivity contribution in [1.82, 2.24) is 10.2 Å². The summed E-state index contributed by atoms with van der Waals surface area (Å²) in [4.78, 5) is 39.2. The zero-order valence-corrected chi connectivity index (χ0v) is 20.7. The molecule has 192 valence electrons. The molecular formula is C26H33F3N2O3S.